The van der Waals surface area contributed by atoms with Gasteiger partial charge in [0, 0.05) is 11.3 Å². The molecule has 6 nitrogen and oxygen atoms in total. The molecule has 0 radical (unpaired) electrons. The third-order valence-corrected chi connectivity index (χ3v) is 8.17. The lowest BCUT2D eigenvalue weighted by Crippen LogP contribution is -2.31. The molecule has 176 valence electrons. The van der Waals surface area contributed by atoms with Crippen molar-refractivity contribution in [2.24, 2.45) is 0 Å². The van der Waals surface area contributed by atoms with Crippen molar-refractivity contribution in [1.82, 2.24) is 4.72 Å². The van der Waals surface area contributed by atoms with E-state index < -0.39 is 15.9 Å². The average Bonchev–Trinajstić information content (AvgIpc) is 3.20. The maximum Gasteiger partial charge on any atom is 0.265 e. The molecule has 3 aromatic carbocycles. The van der Waals surface area contributed by atoms with E-state index >= 15 is 0 Å². The van der Waals surface area contributed by atoms with Crippen molar-refractivity contribution in [3.63, 3.8) is 0 Å². The van der Waals surface area contributed by atoms with E-state index in [1.54, 1.807) is 48.2 Å². The van der Waals surface area contributed by atoms with Gasteiger partial charge in [0.25, 0.3) is 15.9 Å². The van der Waals surface area contributed by atoms with Crippen LogP contribution in [0.3, 0.4) is 0 Å². The Morgan fingerprint density at radius 3 is 2.38 bits per heavy atom. The maximum absolute atomic E-state index is 13.3. The van der Waals surface area contributed by atoms with Gasteiger partial charge in [-0.3, -0.25) is 14.5 Å². The van der Waals surface area contributed by atoms with Crippen LogP contribution in [0.1, 0.15) is 39.3 Å². The molecule has 34 heavy (non-hydrogen) atoms. The summed E-state index contributed by atoms with van der Waals surface area (Å²) in [5.74, 6) is -0.935. The topological polar surface area (TPSA) is 83.6 Å². The lowest BCUT2D eigenvalue weighted by atomic mass is 10.1. The molecule has 0 spiro atoms. The molecular formula is C25H23FN2O4S2. The average molecular weight is 499 g/mol. The third-order valence-electron chi connectivity index (χ3n) is 5.61. The van der Waals surface area contributed by atoms with E-state index in [4.69, 9.17) is 0 Å². The molecule has 1 aliphatic heterocycles. The molecule has 1 heterocycles. The Hall–Kier alpha value is -3.17. The summed E-state index contributed by atoms with van der Waals surface area (Å²) >= 11 is 1.43. The number of anilines is 1. The van der Waals surface area contributed by atoms with Gasteiger partial charge >= 0.3 is 0 Å². The Bertz CT molecular complexity index is 1340. The highest BCUT2D eigenvalue weighted by Gasteiger charge is 2.35. The first kappa shape index (κ1) is 24.0. The Balaban J connectivity index is 1.56. The second-order valence-electron chi connectivity index (χ2n) is 7.91. The fourth-order valence-electron chi connectivity index (χ4n) is 3.77. The summed E-state index contributed by atoms with van der Waals surface area (Å²) in [7, 11) is -4.03. The van der Waals surface area contributed by atoms with Gasteiger partial charge in [0.05, 0.1) is 10.6 Å². The van der Waals surface area contributed by atoms with Crippen molar-refractivity contribution < 1.29 is 22.4 Å². The summed E-state index contributed by atoms with van der Waals surface area (Å²) in [5, 5.41) is -0.321. The molecule has 3 aromatic rings. The Morgan fingerprint density at radius 1 is 1.09 bits per heavy atom. The molecule has 1 aliphatic rings. The molecule has 1 N–H and O–H groups in total. The molecule has 2 amide bonds. The van der Waals surface area contributed by atoms with Crippen LogP contribution in [-0.4, -0.2) is 26.0 Å². The number of thioether (sulfide) groups is 1. The van der Waals surface area contributed by atoms with Gasteiger partial charge in [-0.25, -0.2) is 17.5 Å². The summed E-state index contributed by atoms with van der Waals surface area (Å²) in [6.07, 6.45) is 0.776. The van der Waals surface area contributed by atoms with Crippen molar-refractivity contribution in [3.8, 4) is 0 Å². The number of amides is 2. The third kappa shape index (κ3) is 4.85. The standard InChI is InChI=1S/C25H23FN2O4S2/c1-3-17-4-11-21(12-5-17)34(31,32)27-24(30)19-8-13-22(16(2)14-19)28-23(29)15-33-25(28)18-6-9-20(26)10-7-18/h4-14,25H,3,15H2,1-2H3,(H,27,30). The first-order valence-electron chi connectivity index (χ1n) is 10.7. The lowest BCUT2D eigenvalue weighted by Gasteiger charge is -2.26. The number of nitrogens with zero attached hydrogens (tertiary/aromatic N) is 1. The second-order valence-corrected chi connectivity index (χ2v) is 10.7. The van der Waals surface area contributed by atoms with Gasteiger partial charge in [-0.15, -0.1) is 11.8 Å². The van der Waals surface area contributed by atoms with Crippen LogP contribution in [0.15, 0.2) is 71.6 Å². The number of benzene rings is 3. The molecule has 0 saturated carbocycles. The molecule has 4 rings (SSSR count). The quantitative estimate of drug-likeness (QED) is 0.537. The van der Waals surface area contributed by atoms with Crippen molar-refractivity contribution in [3.05, 3.63) is 94.8 Å². The number of hydrogen-bond acceptors (Lipinski definition) is 5. The number of hydrogen-bond donors (Lipinski definition) is 1. The SMILES string of the molecule is CCc1ccc(S(=O)(=O)NC(=O)c2ccc(N3C(=O)CSC3c3ccc(F)cc3)c(C)c2)cc1. The molecular weight excluding hydrogens is 475 g/mol. The number of aryl methyl sites for hydroxylation is 2. The molecule has 1 fully saturated rings. The van der Waals surface area contributed by atoms with Crippen LogP contribution in [0.25, 0.3) is 0 Å². The van der Waals surface area contributed by atoms with Gasteiger partial charge in [-0.05, 0) is 72.5 Å². The van der Waals surface area contributed by atoms with Crippen molar-refractivity contribution >= 4 is 39.3 Å². The Morgan fingerprint density at radius 2 is 1.76 bits per heavy atom. The number of halogens is 1. The van der Waals surface area contributed by atoms with Gasteiger partial charge in [0.2, 0.25) is 5.91 Å². The van der Waals surface area contributed by atoms with Gasteiger partial charge in [0.1, 0.15) is 11.2 Å². The van der Waals surface area contributed by atoms with Gasteiger partial charge < -0.3 is 0 Å². The zero-order valence-electron chi connectivity index (χ0n) is 18.6. The van der Waals surface area contributed by atoms with Crippen LogP contribution in [-0.2, 0) is 21.2 Å². The number of carbonyl (C=O) groups excluding carboxylic acids is 2. The highest BCUT2D eigenvalue weighted by atomic mass is 32.2. The van der Waals surface area contributed by atoms with E-state index in [1.165, 1.54) is 42.1 Å². The minimum atomic E-state index is -4.03. The smallest absolute Gasteiger partial charge is 0.265 e. The zero-order valence-corrected chi connectivity index (χ0v) is 20.3. The molecule has 1 saturated heterocycles. The summed E-state index contributed by atoms with van der Waals surface area (Å²) in [4.78, 5) is 27.0. The van der Waals surface area contributed by atoms with E-state index in [9.17, 15) is 22.4 Å². The fraction of sp³-hybridized carbons (Fsp3) is 0.200. The molecule has 0 aliphatic carbocycles. The number of nitrogens with one attached hydrogen (secondary N) is 1. The van der Waals surface area contributed by atoms with Crippen molar-refractivity contribution in [1.29, 1.82) is 0 Å². The number of rotatable bonds is 6. The maximum atomic E-state index is 13.3. The van der Waals surface area contributed by atoms with Crippen LogP contribution < -0.4 is 9.62 Å². The van der Waals surface area contributed by atoms with Crippen LogP contribution in [0, 0.1) is 12.7 Å². The fourth-order valence-corrected chi connectivity index (χ4v) is 5.91. The summed E-state index contributed by atoms with van der Waals surface area (Å²) in [5.41, 5.74) is 3.19. The largest absolute Gasteiger partial charge is 0.295 e. The first-order valence-corrected chi connectivity index (χ1v) is 13.2. The van der Waals surface area contributed by atoms with Crippen LogP contribution in [0.5, 0.6) is 0 Å². The van der Waals surface area contributed by atoms with Crippen LogP contribution in [0.4, 0.5) is 10.1 Å². The molecule has 0 bridgehead atoms. The summed E-state index contributed by atoms with van der Waals surface area (Å²) in [6.45, 7) is 3.72. The lowest BCUT2D eigenvalue weighted by molar-refractivity contribution is -0.115. The molecule has 1 unspecified atom stereocenters. The second kappa shape index (κ2) is 9.60. The van der Waals surface area contributed by atoms with Crippen molar-refractivity contribution in [2.75, 3.05) is 10.7 Å². The minimum Gasteiger partial charge on any atom is -0.295 e. The predicted molar refractivity (Wildman–Crippen MR) is 131 cm³/mol. The van der Waals surface area contributed by atoms with E-state index in [-0.39, 0.29) is 33.3 Å². The number of carbonyl (C=O) groups is 2. The zero-order chi connectivity index (χ0) is 24.5. The van der Waals surface area contributed by atoms with E-state index in [0.717, 1.165) is 17.5 Å². The highest BCUT2D eigenvalue weighted by Crippen LogP contribution is 2.42. The van der Waals surface area contributed by atoms with Crippen LogP contribution in [0.2, 0.25) is 0 Å². The Labute approximate surface area is 202 Å². The Kier molecular flexibility index (Phi) is 6.77. The molecule has 1 atom stereocenters. The minimum absolute atomic E-state index is 0.00761. The molecule has 9 heteroatoms. The highest BCUT2D eigenvalue weighted by molar-refractivity contribution is 8.00. The first-order chi connectivity index (χ1) is 16.2. The summed E-state index contributed by atoms with van der Waals surface area (Å²) in [6, 6.07) is 17.0. The van der Waals surface area contributed by atoms with Gasteiger partial charge in [0.15, 0.2) is 0 Å². The predicted octanol–water partition coefficient (Wildman–Crippen LogP) is 4.59. The van der Waals surface area contributed by atoms with E-state index in [0.29, 0.717) is 11.3 Å². The van der Waals surface area contributed by atoms with Crippen molar-refractivity contribution in [2.45, 2.75) is 30.5 Å². The van der Waals surface area contributed by atoms with Crippen LogP contribution >= 0.6 is 11.8 Å². The van der Waals surface area contributed by atoms with Gasteiger partial charge in [-0.1, -0.05) is 31.2 Å². The molecule has 0 aromatic heterocycles. The summed E-state index contributed by atoms with van der Waals surface area (Å²) < 4.78 is 40.7. The normalized spacial score (nSPS) is 16.0. The monoisotopic (exact) mass is 498 g/mol. The van der Waals surface area contributed by atoms with E-state index in [1.807, 2.05) is 6.92 Å². The van der Waals surface area contributed by atoms with E-state index in [2.05, 4.69) is 4.72 Å². The number of sulfonamides is 1. The van der Waals surface area contributed by atoms with Gasteiger partial charge in [-0.2, -0.15) is 0 Å².